The fourth-order valence-corrected chi connectivity index (χ4v) is 4.13. The third-order valence-corrected chi connectivity index (χ3v) is 6.18. The van der Waals surface area contributed by atoms with E-state index in [1.54, 1.807) is 0 Å². The third kappa shape index (κ3) is 3.85. The Balaban J connectivity index is 1.32. The zero-order chi connectivity index (χ0) is 20.5. The van der Waals surface area contributed by atoms with Crippen molar-refractivity contribution in [1.82, 2.24) is 19.4 Å². The van der Waals surface area contributed by atoms with E-state index in [1.165, 1.54) is 0 Å². The predicted octanol–water partition coefficient (Wildman–Crippen LogP) is 2.69. The number of benzene rings is 1. The van der Waals surface area contributed by atoms with Crippen molar-refractivity contribution in [2.24, 2.45) is 7.05 Å². The Hall–Kier alpha value is -2.86. The first-order valence-electron chi connectivity index (χ1n) is 10.2. The first-order valence-corrected chi connectivity index (χ1v) is 10.2. The number of para-hydroxylation sites is 1. The summed E-state index contributed by atoms with van der Waals surface area (Å²) in [5.74, 6) is 0.306. The molecule has 2 aromatic heterocycles. The summed E-state index contributed by atoms with van der Waals surface area (Å²) in [7, 11) is 1.99. The van der Waals surface area contributed by atoms with E-state index in [4.69, 9.17) is 0 Å². The minimum atomic E-state index is 0.148. The highest BCUT2D eigenvalue weighted by Crippen LogP contribution is 2.19. The van der Waals surface area contributed by atoms with Gasteiger partial charge in [-0.1, -0.05) is 18.2 Å². The van der Waals surface area contributed by atoms with Gasteiger partial charge in [0, 0.05) is 67.3 Å². The maximum Gasteiger partial charge on any atom is 0.227 e. The number of aromatic nitrogens is 2. The quantitative estimate of drug-likeness (QED) is 0.679. The number of Topliss-reactive ketones (excluding diaryl/α,β-unsaturated/α-hetero) is 1. The maximum atomic E-state index is 12.8. The molecular weight excluding hydrogens is 364 g/mol. The van der Waals surface area contributed by atoms with Crippen LogP contribution >= 0.6 is 0 Å². The summed E-state index contributed by atoms with van der Waals surface area (Å²) >= 11 is 0. The number of fused-ring (bicyclic) bond motifs is 1. The van der Waals surface area contributed by atoms with Gasteiger partial charge in [-0.05, 0) is 31.5 Å². The molecule has 1 aliphatic heterocycles. The van der Waals surface area contributed by atoms with Crippen LogP contribution in [0.3, 0.4) is 0 Å². The highest BCUT2D eigenvalue weighted by atomic mass is 16.2. The van der Waals surface area contributed by atoms with Gasteiger partial charge in [-0.2, -0.15) is 0 Å². The van der Waals surface area contributed by atoms with Gasteiger partial charge in [-0.15, -0.1) is 0 Å². The van der Waals surface area contributed by atoms with Crippen LogP contribution in [-0.4, -0.2) is 63.8 Å². The monoisotopic (exact) mass is 392 g/mol. The van der Waals surface area contributed by atoms with Crippen LogP contribution in [0.15, 0.2) is 36.5 Å². The minimum Gasteiger partial charge on any atom is -0.361 e. The minimum absolute atomic E-state index is 0.148. The molecule has 1 fully saturated rings. The number of H-pyrrole nitrogens is 1. The number of aromatic amines is 1. The molecule has 29 heavy (non-hydrogen) atoms. The molecule has 3 aromatic rings. The van der Waals surface area contributed by atoms with Gasteiger partial charge in [-0.25, -0.2) is 0 Å². The molecule has 1 aliphatic rings. The largest absolute Gasteiger partial charge is 0.361 e. The Kier molecular flexibility index (Phi) is 5.28. The van der Waals surface area contributed by atoms with Gasteiger partial charge in [0.05, 0.1) is 13.0 Å². The van der Waals surface area contributed by atoms with Gasteiger partial charge in [0.1, 0.15) is 0 Å². The number of piperazine rings is 1. The third-order valence-electron chi connectivity index (χ3n) is 6.18. The number of hydrogen-bond acceptors (Lipinski definition) is 3. The fraction of sp³-hybridized carbons (Fsp3) is 0.391. The van der Waals surface area contributed by atoms with E-state index in [0.29, 0.717) is 26.1 Å². The van der Waals surface area contributed by atoms with E-state index in [0.717, 1.165) is 46.5 Å². The second-order valence-corrected chi connectivity index (χ2v) is 7.96. The highest BCUT2D eigenvalue weighted by Gasteiger charge is 2.24. The Labute approximate surface area is 171 Å². The van der Waals surface area contributed by atoms with E-state index < -0.39 is 0 Å². The number of nitrogens with one attached hydrogen (secondary N) is 1. The SMILES string of the molecule is Cc1cc(C(=O)CN2CCN(C(=O)Cc3c[nH]c4ccccc34)CC2)c(C)n1C. The summed E-state index contributed by atoms with van der Waals surface area (Å²) in [5, 5.41) is 1.11. The first-order chi connectivity index (χ1) is 13.9. The van der Waals surface area contributed by atoms with Crippen LogP contribution in [-0.2, 0) is 18.3 Å². The van der Waals surface area contributed by atoms with Crippen molar-refractivity contribution in [2.45, 2.75) is 20.3 Å². The number of amides is 1. The fourth-order valence-electron chi connectivity index (χ4n) is 4.13. The Bertz CT molecular complexity index is 1050. The van der Waals surface area contributed by atoms with E-state index in [9.17, 15) is 9.59 Å². The maximum absolute atomic E-state index is 12.8. The Morgan fingerprint density at radius 1 is 1.07 bits per heavy atom. The number of aryl methyl sites for hydroxylation is 1. The molecule has 0 saturated carbocycles. The molecule has 0 unspecified atom stereocenters. The van der Waals surface area contributed by atoms with Gasteiger partial charge in [-0.3, -0.25) is 14.5 Å². The average Bonchev–Trinajstić information content (AvgIpc) is 3.24. The van der Waals surface area contributed by atoms with Crippen molar-refractivity contribution >= 4 is 22.6 Å². The van der Waals surface area contributed by atoms with Crippen molar-refractivity contribution < 1.29 is 9.59 Å². The van der Waals surface area contributed by atoms with Crippen LogP contribution < -0.4 is 0 Å². The van der Waals surface area contributed by atoms with Gasteiger partial charge in [0.15, 0.2) is 5.78 Å². The lowest BCUT2D eigenvalue weighted by Gasteiger charge is -2.34. The molecule has 4 rings (SSSR count). The topological polar surface area (TPSA) is 61.3 Å². The number of hydrogen-bond donors (Lipinski definition) is 1. The summed E-state index contributed by atoms with van der Waals surface area (Å²) in [6, 6.07) is 10.0. The van der Waals surface area contributed by atoms with Crippen LogP contribution in [0.4, 0.5) is 0 Å². The number of carbonyl (C=O) groups is 2. The van der Waals surface area contributed by atoms with E-state index >= 15 is 0 Å². The summed E-state index contributed by atoms with van der Waals surface area (Å²) in [6.07, 6.45) is 2.34. The summed E-state index contributed by atoms with van der Waals surface area (Å²) in [5.41, 5.74) is 5.02. The smallest absolute Gasteiger partial charge is 0.227 e. The lowest BCUT2D eigenvalue weighted by molar-refractivity contribution is -0.132. The Morgan fingerprint density at radius 2 is 1.79 bits per heavy atom. The Morgan fingerprint density at radius 3 is 2.48 bits per heavy atom. The van der Waals surface area contributed by atoms with Crippen molar-refractivity contribution in [2.75, 3.05) is 32.7 Å². The molecule has 152 valence electrons. The number of rotatable bonds is 5. The van der Waals surface area contributed by atoms with Crippen LogP contribution in [0.25, 0.3) is 10.9 Å². The van der Waals surface area contributed by atoms with Crippen molar-refractivity contribution in [3.8, 4) is 0 Å². The number of ketones is 1. The van der Waals surface area contributed by atoms with Gasteiger partial charge < -0.3 is 14.5 Å². The van der Waals surface area contributed by atoms with E-state index in [2.05, 4.69) is 14.5 Å². The van der Waals surface area contributed by atoms with Gasteiger partial charge >= 0.3 is 0 Å². The van der Waals surface area contributed by atoms with Crippen molar-refractivity contribution in [3.05, 3.63) is 59.0 Å². The van der Waals surface area contributed by atoms with Gasteiger partial charge in [0.2, 0.25) is 5.91 Å². The molecule has 0 atom stereocenters. The van der Waals surface area contributed by atoms with Crippen LogP contribution in [0.1, 0.15) is 27.3 Å². The molecular formula is C23H28N4O2. The van der Waals surface area contributed by atoms with Crippen molar-refractivity contribution in [1.29, 1.82) is 0 Å². The second kappa shape index (κ2) is 7.87. The molecule has 3 heterocycles. The highest BCUT2D eigenvalue weighted by molar-refractivity contribution is 5.99. The van der Waals surface area contributed by atoms with Crippen LogP contribution in [0.2, 0.25) is 0 Å². The zero-order valence-corrected chi connectivity index (χ0v) is 17.4. The van der Waals surface area contributed by atoms with E-state index in [1.807, 2.05) is 62.3 Å². The van der Waals surface area contributed by atoms with Crippen LogP contribution in [0, 0.1) is 13.8 Å². The summed E-state index contributed by atoms with van der Waals surface area (Å²) < 4.78 is 2.05. The zero-order valence-electron chi connectivity index (χ0n) is 17.4. The lowest BCUT2D eigenvalue weighted by atomic mass is 10.1. The average molecular weight is 393 g/mol. The summed E-state index contributed by atoms with van der Waals surface area (Å²) in [4.78, 5) is 32.8. The lowest BCUT2D eigenvalue weighted by Crippen LogP contribution is -2.50. The second-order valence-electron chi connectivity index (χ2n) is 7.96. The van der Waals surface area contributed by atoms with Gasteiger partial charge in [0.25, 0.3) is 0 Å². The standard InChI is InChI=1S/C23H28N4O2/c1-16-12-20(17(2)25(16)3)22(28)15-26-8-10-27(11-9-26)23(29)13-18-14-24-21-7-5-4-6-19(18)21/h4-7,12,14,24H,8-11,13,15H2,1-3H3. The van der Waals surface area contributed by atoms with Crippen LogP contribution in [0.5, 0.6) is 0 Å². The summed E-state index contributed by atoms with van der Waals surface area (Å²) in [6.45, 7) is 7.22. The molecule has 0 radical (unpaired) electrons. The normalized spacial score (nSPS) is 15.2. The molecule has 6 nitrogen and oxygen atoms in total. The molecule has 1 N–H and O–H groups in total. The molecule has 0 aliphatic carbocycles. The number of carbonyl (C=O) groups excluding carboxylic acids is 2. The molecule has 6 heteroatoms. The van der Waals surface area contributed by atoms with Crippen molar-refractivity contribution in [3.63, 3.8) is 0 Å². The predicted molar refractivity (Wildman–Crippen MR) is 114 cm³/mol. The molecule has 1 amide bonds. The molecule has 0 bridgehead atoms. The molecule has 1 aromatic carbocycles. The molecule has 0 spiro atoms. The number of nitrogens with zero attached hydrogens (tertiary/aromatic N) is 3. The van der Waals surface area contributed by atoms with E-state index in [-0.39, 0.29) is 11.7 Å². The molecule has 1 saturated heterocycles. The first kappa shape index (κ1) is 19.5.